The van der Waals surface area contributed by atoms with Crippen LogP contribution in [0.15, 0.2) is 88.9 Å². The van der Waals surface area contributed by atoms with Gasteiger partial charge in [0, 0.05) is 16.1 Å². The topological polar surface area (TPSA) is 84.8 Å². The van der Waals surface area contributed by atoms with Crippen molar-refractivity contribution in [1.29, 1.82) is 0 Å². The van der Waals surface area contributed by atoms with E-state index in [0.717, 1.165) is 0 Å². The molecule has 3 aromatic carbocycles. The molecule has 1 amide bonds. The molecular formula is C20H15ClN2O4S. The predicted octanol–water partition coefficient (Wildman–Crippen LogP) is 3.87. The molecule has 0 radical (unpaired) electrons. The third-order valence-corrected chi connectivity index (χ3v) is 5.13. The lowest BCUT2D eigenvalue weighted by atomic mass is 10.2. The van der Waals surface area contributed by atoms with Gasteiger partial charge in [0.1, 0.15) is 4.90 Å². The van der Waals surface area contributed by atoms with Crippen molar-refractivity contribution < 1.29 is 17.4 Å². The normalized spacial score (nSPS) is 11.3. The van der Waals surface area contributed by atoms with Crippen LogP contribution in [-0.2, 0) is 10.1 Å². The van der Waals surface area contributed by atoms with Crippen LogP contribution in [0.4, 0.5) is 0 Å². The van der Waals surface area contributed by atoms with Crippen LogP contribution in [0.2, 0.25) is 5.02 Å². The minimum Gasteiger partial charge on any atom is -0.378 e. The largest absolute Gasteiger partial charge is 0.378 e. The highest BCUT2D eigenvalue weighted by Gasteiger charge is 2.17. The second-order valence-electron chi connectivity index (χ2n) is 5.59. The van der Waals surface area contributed by atoms with Gasteiger partial charge < -0.3 is 4.18 Å². The quantitative estimate of drug-likeness (QED) is 0.377. The van der Waals surface area contributed by atoms with Crippen LogP contribution in [0.1, 0.15) is 15.9 Å². The summed E-state index contributed by atoms with van der Waals surface area (Å²) in [6, 6.07) is 20.6. The number of para-hydroxylation sites is 1. The van der Waals surface area contributed by atoms with Crippen LogP contribution < -0.4 is 9.61 Å². The van der Waals surface area contributed by atoms with Crippen molar-refractivity contribution in [3.05, 3.63) is 95.0 Å². The van der Waals surface area contributed by atoms with E-state index in [-0.39, 0.29) is 10.6 Å². The number of benzene rings is 3. The molecule has 0 bridgehead atoms. The molecule has 0 fully saturated rings. The molecule has 142 valence electrons. The van der Waals surface area contributed by atoms with Gasteiger partial charge >= 0.3 is 10.1 Å². The Morgan fingerprint density at radius 3 is 2.29 bits per heavy atom. The first-order chi connectivity index (χ1) is 13.5. The number of hydrogen-bond acceptors (Lipinski definition) is 5. The number of halogens is 1. The van der Waals surface area contributed by atoms with Crippen molar-refractivity contribution in [2.75, 3.05) is 0 Å². The molecule has 0 aliphatic carbocycles. The lowest BCUT2D eigenvalue weighted by Crippen LogP contribution is -2.17. The van der Waals surface area contributed by atoms with Crippen molar-refractivity contribution in [2.45, 2.75) is 4.90 Å². The van der Waals surface area contributed by atoms with Gasteiger partial charge in [-0.1, -0.05) is 41.9 Å². The molecule has 6 nitrogen and oxygen atoms in total. The number of carbonyl (C=O) groups is 1. The molecule has 8 heteroatoms. The van der Waals surface area contributed by atoms with Gasteiger partial charge in [0.25, 0.3) is 5.91 Å². The zero-order chi connectivity index (χ0) is 20.0. The molecular weight excluding hydrogens is 400 g/mol. The van der Waals surface area contributed by atoms with Gasteiger partial charge in [0.2, 0.25) is 0 Å². The van der Waals surface area contributed by atoms with Crippen molar-refractivity contribution in [3.63, 3.8) is 0 Å². The Morgan fingerprint density at radius 1 is 0.929 bits per heavy atom. The maximum Gasteiger partial charge on any atom is 0.339 e. The van der Waals surface area contributed by atoms with Crippen molar-refractivity contribution in [2.24, 2.45) is 5.10 Å². The summed E-state index contributed by atoms with van der Waals surface area (Å²) in [5, 5.41) is 4.39. The molecule has 0 spiro atoms. The summed E-state index contributed by atoms with van der Waals surface area (Å²) in [7, 11) is -3.99. The van der Waals surface area contributed by atoms with E-state index in [9.17, 15) is 13.2 Å². The second kappa shape index (κ2) is 8.69. The highest BCUT2D eigenvalue weighted by molar-refractivity contribution is 7.87. The fourth-order valence-electron chi connectivity index (χ4n) is 2.24. The molecule has 0 aliphatic rings. The summed E-state index contributed by atoms with van der Waals surface area (Å²) >= 11 is 5.79. The zero-order valence-corrected chi connectivity index (χ0v) is 16.0. The highest BCUT2D eigenvalue weighted by Crippen LogP contribution is 2.21. The minimum absolute atomic E-state index is 0.0396. The minimum atomic E-state index is -3.99. The lowest BCUT2D eigenvalue weighted by Gasteiger charge is -2.09. The summed E-state index contributed by atoms with van der Waals surface area (Å²) in [6.45, 7) is 0. The van der Waals surface area contributed by atoms with E-state index in [4.69, 9.17) is 15.8 Å². The molecule has 3 aromatic rings. The Kier molecular flexibility index (Phi) is 6.08. The van der Waals surface area contributed by atoms with Crippen LogP contribution in [-0.4, -0.2) is 20.5 Å². The summed E-state index contributed by atoms with van der Waals surface area (Å²) in [6.07, 6.45) is 1.31. The summed E-state index contributed by atoms with van der Waals surface area (Å²) < 4.78 is 30.0. The highest BCUT2D eigenvalue weighted by atomic mass is 35.5. The Morgan fingerprint density at radius 2 is 1.57 bits per heavy atom. The van der Waals surface area contributed by atoms with Gasteiger partial charge in [-0.2, -0.15) is 13.5 Å². The van der Waals surface area contributed by atoms with Crippen LogP contribution in [0.25, 0.3) is 0 Å². The van der Waals surface area contributed by atoms with Crippen molar-refractivity contribution in [3.8, 4) is 5.75 Å². The van der Waals surface area contributed by atoms with Gasteiger partial charge in [0.15, 0.2) is 5.75 Å². The van der Waals surface area contributed by atoms with E-state index >= 15 is 0 Å². The summed E-state index contributed by atoms with van der Waals surface area (Å²) in [5.41, 5.74) is 3.15. The molecule has 28 heavy (non-hydrogen) atoms. The summed E-state index contributed by atoms with van der Waals surface area (Å²) in [4.78, 5) is 12.1. The first-order valence-corrected chi connectivity index (χ1v) is 9.92. The van der Waals surface area contributed by atoms with Crippen molar-refractivity contribution >= 4 is 33.8 Å². The third kappa shape index (κ3) is 4.97. The van der Waals surface area contributed by atoms with Gasteiger partial charge in [-0.15, -0.1) is 0 Å². The number of nitrogens with zero attached hydrogens (tertiary/aromatic N) is 1. The van der Waals surface area contributed by atoms with Gasteiger partial charge in [-0.05, 0) is 48.5 Å². The van der Waals surface area contributed by atoms with E-state index in [0.29, 0.717) is 16.1 Å². The van der Waals surface area contributed by atoms with Gasteiger partial charge in [0.05, 0.1) is 6.21 Å². The summed E-state index contributed by atoms with van der Waals surface area (Å²) in [5.74, 6) is -0.334. The van der Waals surface area contributed by atoms with Crippen LogP contribution in [0, 0.1) is 0 Å². The number of hydrazone groups is 1. The molecule has 0 heterocycles. The fraction of sp³-hybridized carbons (Fsp3) is 0. The smallest absolute Gasteiger partial charge is 0.339 e. The number of hydrogen-bond donors (Lipinski definition) is 1. The number of carbonyl (C=O) groups excluding carboxylic acids is 1. The first-order valence-electron chi connectivity index (χ1n) is 8.13. The molecule has 0 unspecified atom stereocenters. The monoisotopic (exact) mass is 414 g/mol. The number of rotatable bonds is 6. The molecule has 0 atom stereocenters. The maximum absolute atomic E-state index is 12.4. The third-order valence-electron chi connectivity index (χ3n) is 3.63. The van der Waals surface area contributed by atoms with Crippen LogP contribution >= 0.6 is 11.6 Å². The van der Waals surface area contributed by atoms with E-state index in [1.165, 1.54) is 24.4 Å². The van der Waals surface area contributed by atoms with E-state index in [1.54, 1.807) is 60.7 Å². The Balaban J connectivity index is 1.74. The van der Waals surface area contributed by atoms with E-state index in [1.807, 2.05) is 0 Å². The van der Waals surface area contributed by atoms with Gasteiger partial charge in [-0.25, -0.2) is 5.43 Å². The Bertz CT molecular complexity index is 1100. The molecule has 0 saturated carbocycles. The number of amides is 1. The molecule has 0 saturated heterocycles. The Labute approximate surface area is 167 Å². The van der Waals surface area contributed by atoms with Crippen molar-refractivity contribution in [1.82, 2.24) is 5.43 Å². The number of nitrogens with one attached hydrogen (secondary N) is 1. The molecule has 1 N–H and O–H groups in total. The second-order valence-corrected chi connectivity index (χ2v) is 7.58. The van der Waals surface area contributed by atoms with E-state index < -0.39 is 16.0 Å². The molecule has 3 rings (SSSR count). The van der Waals surface area contributed by atoms with Crippen LogP contribution in [0.5, 0.6) is 5.75 Å². The maximum atomic E-state index is 12.4. The van der Waals surface area contributed by atoms with Gasteiger partial charge in [-0.3, -0.25) is 4.79 Å². The zero-order valence-electron chi connectivity index (χ0n) is 14.4. The van der Waals surface area contributed by atoms with E-state index in [2.05, 4.69) is 10.5 Å². The lowest BCUT2D eigenvalue weighted by molar-refractivity contribution is 0.0955. The molecule has 0 aliphatic heterocycles. The van der Waals surface area contributed by atoms with Crippen LogP contribution in [0.3, 0.4) is 0 Å². The standard InChI is InChI=1S/C20H15ClN2O4S/c21-17-12-10-15(11-13-17)20(24)23-22-14-16-6-4-5-9-19(16)27-28(25,26)18-7-2-1-3-8-18/h1-14H,(H,23,24)/b22-14+. The first kappa shape index (κ1) is 19.6. The fourth-order valence-corrected chi connectivity index (χ4v) is 3.34. The average Bonchev–Trinajstić information content (AvgIpc) is 2.70. The molecule has 0 aromatic heterocycles. The Hall–Kier alpha value is -3.16. The predicted molar refractivity (Wildman–Crippen MR) is 107 cm³/mol. The average molecular weight is 415 g/mol. The SMILES string of the molecule is O=C(N/N=C/c1ccccc1OS(=O)(=O)c1ccccc1)c1ccc(Cl)cc1.